The fourth-order valence-electron chi connectivity index (χ4n) is 4.64. The van der Waals surface area contributed by atoms with Crippen LogP contribution >= 0.6 is 11.6 Å². The number of nitrogens with zero attached hydrogens (tertiary/aromatic N) is 3. The van der Waals surface area contributed by atoms with E-state index in [1.165, 1.54) is 12.5 Å². The number of hydrogen-bond acceptors (Lipinski definition) is 4. The first-order valence-corrected chi connectivity index (χ1v) is 11.3. The number of benzene rings is 1. The molecule has 6 nitrogen and oxygen atoms in total. The molecule has 3 atom stereocenters. The molecule has 2 fully saturated rings. The summed E-state index contributed by atoms with van der Waals surface area (Å²) < 4.78 is 28.9. The molecular formula is C20H24ClN3O3S. The van der Waals surface area contributed by atoms with Crippen molar-refractivity contribution in [3.05, 3.63) is 46.9 Å². The Labute approximate surface area is 170 Å². The van der Waals surface area contributed by atoms with E-state index in [-0.39, 0.29) is 22.6 Å². The first kappa shape index (κ1) is 19.6. The van der Waals surface area contributed by atoms with Gasteiger partial charge < -0.3 is 4.57 Å². The van der Waals surface area contributed by atoms with E-state index in [4.69, 9.17) is 11.6 Å². The van der Waals surface area contributed by atoms with E-state index in [0.29, 0.717) is 36.0 Å². The fourth-order valence-corrected chi connectivity index (χ4v) is 6.48. The van der Waals surface area contributed by atoms with Gasteiger partial charge in [0.25, 0.3) is 10.0 Å². The summed E-state index contributed by atoms with van der Waals surface area (Å²) in [4.78, 5) is 16.8. The number of sulfonamides is 1. The summed E-state index contributed by atoms with van der Waals surface area (Å²) in [6.07, 6.45) is 5.36. The maximum atomic E-state index is 12.9. The van der Waals surface area contributed by atoms with Crippen molar-refractivity contribution in [2.75, 3.05) is 13.1 Å². The smallest absolute Gasteiger partial charge is 0.262 e. The van der Waals surface area contributed by atoms with Crippen LogP contribution in [0.2, 0.25) is 5.02 Å². The highest BCUT2D eigenvalue weighted by atomic mass is 35.5. The van der Waals surface area contributed by atoms with Crippen molar-refractivity contribution < 1.29 is 13.2 Å². The van der Waals surface area contributed by atoms with Crippen molar-refractivity contribution in [1.29, 1.82) is 0 Å². The number of hydrogen-bond donors (Lipinski definition) is 0. The molecule has 4 rings (SSSR count). The van der Waals surface area contributed by atoms with Crippen LogP contribution < -0.4 is 0 Å². The minimum atomic E-state index is -3.58. The van der Waals surface area contributed by atoms with Crippen molar-refractivity contribution in [3.63, 3.8) is 0 Å². The molecule has 3 unspecified atom stereocenters. The molecule has 2 heterocycles. The summed E-state index contributed by atoms with van der Waals surface area (Å²) in [5, 5.41) is 0.583. The zero-order valence-corrected chi connectivity index (χ0v) is 17.6. The molecule has 1 aromatic heterocycles. The first-order valence-electron chi connectivity index (χ1n) is 9.53. The second-order valence-electron chi connectivity index (χ2n) is 8.07. The molecule has 0 spiro atoms. The second kappa shape index (κ2) is 7.28. The van der Waals surface area contributed by atoms with Gasteiger partial charge in [-0.15, -0.1) is 0 Å². The lowest BCUT2D eigenvalue weighted by molar-refractivity contribution is 0.0950. The van der Waals surface area contributed by atoms with E-state index < -0.39 is 10.0 Å². The average Bonchev–Trinajstić information content (AvgIpc) is 3.32. The maximum Gasteiger partial charge on any atom is 0.262 e. The number of carbonyl (C=O) groups is 1. The van der Waals surface area contributed by atoms with E-state index >= 15 is 0 Å². The molecule has 2 aromatic rings. The molecule has 0 amide bonds. The number of fused-ring (bicyclic) bond motifs is 1. The SMILES string of the molecule is Cc1ccc(C(=O)CC2CCC3CN(S(=O)(=O)c4cn(C)cn4)CC23)c(Cl)c1. The zero-order chi connectivity index (χ0) is 20.1. The van der Waals surface area contributed by atoms with Gasteiger partial charge in [-0.1, -0.05) is 17.7 Å². The Kier molecular flexibility index (Phi) is 5.10. The van der Waals surface area contributed by atoms with Gasteiger partial charge in [-0.3, -0.25) is 4.79 Å². The van der Waals surface area contributed by atoms with Gasteiger partial charge in [0.15, 0.2) is 10.8 Å². The van der Waals surface area contributed by atoms with Gasteiger partial charge in [-0.2, -0.15) is 4.31 Å². The Bertz CT molecular complexity index is 1020. The highest BCUT2D eigenvalue weighted by Gasteiger charge is 2.47. The Balaban J connectivity index is 1.47. The van der Waals surface area contributed by atoms with E-state index in [0.717, 1.165) is 18.4 Å². The van der Waals surface area contributed by atoms with Crippen LogP contribution in [-0.2, 0) is 17.1 Å². The standard InChI is InChI=1S/C20H24ClN3O3S/c1-13-3-6-16(18(21)7-13)19(25)8-14-4-5-15-9-24(10-17(14)15)28(26,27)20-11-23(2)12-22-20/h3,6-7,11-12,14-15,17H,4-5,8-10H2,1-2H3. The Morgan fingerprint density at radius 3 is 2.75 bits per heavy atom. The molecule has 0 bridgehead atoms. The van der Waals surface area contributed by atoms with Crippen molar-refractivity contribution in [3.8, 4) is 0 Å². The lowest BCUT2D eigenvalue weighted by atomic mass is 9.87. The van der Waals surface area contributed by atoms with E-state index in [9.17, 15) is 13.2 Å². The molecule has 8 heteroatoms. The molecular weight excluding hydrogens is 398 g/mol. The molecule has 1 saturated heterocycles. The zero-order valence-electron chi connectivity index (χ0n) is 16.0. The summed E-state index contributed by atoms with van der Waals surface area (Å²) in [6, 6.07) is 5.50. The number of halogens is 1. The average molecular weight is 422 g/mol. The molecule has 150 valence electrons. The summed E-state index contributed by atoms with van der Waals surface area (Å²) in [5.41, 5.74) is 1.58. The van der Waals surface area contributed by atoms with E-state index in [1.54, 1.807) is 22.0 Å². The number of Topliss-reactive ketones (excluding diaryl/α,β-unsaturated/α-hetero) is 1. The van der Waals surface area contributed by atoms with Crippen molar-refractivity contribution in [2.45, 2.75) is 31.2 Å². The molecule has 28 heavy (non-hydrogen) atoms. The molecule has 1 saturated carbocycles. The van der Waals surface area contributed by atoms with Gasteiger partial charge >= 0.3 is 0 Å². The van der Waals surface area contributed by atoms with Gasteiger partial charge in [0, 0.05) is 38.3 Å². The number of imidazole rings is 1. The predicted octanol–water partition coefficient (Wildman–Crippen LogP) is 3.30. The third-order valence-corrected chi connectivity index (χ3v) is 8.16. The van der Waals surface area contributed by atoms with Crippen LogP contribution in [0.5, 0.6) is 0 Å². The van der Waals surface area contributed by atoms with Crippen LogP contribution in [0.15, 0.2) is 35.7 Å². The van der Waals surface area contributed by atoms with E-state index in [2.05, 4.69) is 4.98 Å². The number of ketones is 1. The van der Waals surface area contributed by atoms with Crippen molar-refractivity contribution in [2.24, 2.45) is 24.8 Å². The van der Waals surface area contributed by atoms with Crippen LogP contribution in [0, 0.1) is 24.7 Å². The van der Waals surface area contributed by atoms with Gasteiger partial charge in [-0.05, 0) is 55.2 Å². The largest absolute Gasteiger partial charge is 0.339 e. The topological polar surface area (TPSA) is 72.3 Å². The minimum Gasteiger partial charge on any atom is -0.339 e. The first-order chi connectivity index (χ1) is 13.3. The molecule has 1 aliphatic carbocycles. The van der Waals surface area contributed by atoms with Crippen molar-refractivity contribution >= 4 is 27.4 Å². The normalized spacial score (nSPS) is 25.2. The van der Waals surface area contributed by atoms with Crippen LogP contribution in [-0.4, -0.2) is 41.1 Å². The number of aryl methyl sites for hydroxylation is 2. The van der Waals surface area contributed by atoms with Gasteiger partial charge in [0.2, 0.25) is 0 Å². The lowest BCUT2D eigenvalue weighted by Crippen LogP contribution is -2.31. The molecule has 2 aliphatic rings. The summed E-state index contributed by atoms with van der Waals surface area (Å²) >= 11 is 6.26. The van der Waals surface area contributed by atoms with Gasteiger partial charge in [0.05, 0.1) is 11.3 Å². The molecule has 0 radical (unpaired) electrons. The van der Waals surface area contributed by atoms with Crippen LogP contribution in [0.1, 0.15) is 35.2 Å². The monoisotopic (exact) mass is 421 g/mol. The minimum absolute atomic E-state index is 0.0432. The third-order valence-electron chi connectivity index (χ3n) is 6.13. The second-order valence-corrected chi connectivity index (χ2v) is 10.4. The van der Waals surface area contributed by atoms with E-state index in [1.807, 2.05) is 19.1 Å². The quantitative estimate of drug-likeness (QED) is 0.694. The number of aromatic nitrogens is 2. The number of carbonyl (C=O) groups excluding carboxylic acids is 1. The predicted molar refractivity (Wildman–Crippen MR) is 107 cm³/mol. The summed E-state index contributed by atoms with van der Waals surface area (Å²) in [5.74, 6) is 0.761. The third kappa shape index (κ3) is 3.51. The maximum absolute atomic E-state index is 12.9. The van der Waals surface area contributed by atoms with Crippen LogP contribution in [0.3, 0.4) is 0 Å². The Morgan fingerprint density at radius 2 is 2.07 bits per heavy atom. The molecule has 1 aliphatic heterocycles. The van der Waals surface area contributed by atoms with Crippen molar-refractivity contribution in [1.82, 2.24) is 13.9 Å². The molecule has 1 aromatic carbocycles. The number of rotatable bonds is 5. The Hall–Kier alpha value is -1.70. The summed E-state index contributed by atoms with van der Waals surface area (Å²) in [7, 11) is -1.83. The Morgan fingerprint density at radius 1 is 1.29 bits per heavy atom. The highest BCUT2D eigenvalue weighted by molar-refractivity contribution is 7.89. The fraction of sp³-hybridized carbons (Fsp3) is 0.500. The van der Waals surface area contributed by atoms with Crippen LogP contribution in [0.4, 0.5) is 0 Å². The van der Waals surface area contributed by atoms with Gasteiger partial charge in [0.1, 0.15) is 0 Å². The highest BCUT2D eigenvalue weighted by Crippen LogP contribution is 2.45. The molecule has 0 N–H and O–H groups in total. The lowest BCUT2D eigenvalue weighted by Gasteiger charge is -2.20. The van der Waals surface area contributed by atoms with Crippen LogP contribution in [0.25, 0.3) is 0 Å². The van der Waals surface area contributed by atoms with Gasteiger partial charge in [-0.25, -0.2) is 13.4 Å². The summed E-state index contributed by atoms with van der Waals surface area (Å²) in [6.45, 7) is 2.92.